The standard InChI is InChI=1S/C27H40N4O/c1-21(2)19-22-8-9-23(24-10-16-30-31(22)24)28-17-13-26(25-7-3-6-15-29-25)14-18-32-27(20-26)11-4-5-12-27/h3,6-7,10,15-16,21-23,28H,4-5,8-9,11-14,17-20H2,1-2H3/t22?,23?,26-/m1/s1. The van der Waals surface area contributed by atoms with E-state index >= 15 is 0 Å². The molecule has 5 nitrogen and oxygen atoms in total. The molecule has 4 heterocycles. The number of pyridine rings is 1. The minimum atomic E-state index is 0.0866. The molecule has 0 bridgehead atoms. The molecular formula is C27H40N4O. The summed E-state index contributed by atoms with van der Waals surface area (Å²) < 4.78 is 8.72. The minimum Gasteiger partial charge on any atom is -0.375 e. The van der Waals surface area contributed by atoms with Crippen molar-refractivity contribution in [1.29, 1.82) is 0 Å². The zero-order valence-electron chi connectivity index (χ0n) is 19.9. The molecule has 2 unspecified atom stereocenters. The second-order valence-electron chi connectivity index (χ2n) is 11.0. The number of nitrogens with zero attached hydrogens (tertiary/aromatic N) is 3. The maximum Gasteiger partial charge on any atom is 0.0691 e. The molecule has 3 aliphatic rings. The fourth-order valence-corrected chi connectivity index (χ4v) is 6.78. The molecule has 2 aromatic rings. The van der Waals surface area contributed by atoms with Gasteiger partial charge in [-0.25, -0.2) is 0 Å². The van der Waals surface area contributed by atoms with Gasteiger partial charge >= 0.3 is 0 Å². The predicted molar refractivity (Wildman–Crippen MR) is 128 cm³/mol. The van der Waals surface area contributed by atoms with Crippen LogP contribution >= 0.6 is 0 Å². The summed E-state index contributed by atoms with van der Waals surface area (Å²) in [5.74, 6) is 0.705. The molecule has 1 N–H and O–H groups in total. The first-order valence-corrected chi connectivity index (χ1v) is 12.9. The van der Waals surface area contributed by atoms with Crippen molar-refractivity contribution in [2.75, 3.05) is 13.2 Å². The first-order chi connectivity index (χ1) is 15.6. The lowest BCUT2D eigenvalue weighted by Crippen LogP contribution is -2.47. The SMILES string of the molecule is CC(C)CC1CCC(NCC[C@@]2(c3ccccn3)CCOC3(CCCC3)C2)c2ccnn21. The van der Waals surface area contributed by atoms with Crippen LogP contribution in [0.5, 0.6) is 0 Å². The molecule has 1 spiro atoms. The first-order valence-electron chi connectivity index (χ1n) is 12.9. The van der Waals surface area contributed by atoms with Crippen LogP contribution in [0.25, 0.3) is 0 Å². The smallest absolute Gasteiger partial charge is 0.0691 e. The van der Waals surface area contributed by atoms with Crippen molar-refractivity contribution < 1.29 is 4.74 Å². The van der Waals surface area contributed by atoms with Gasteiger partial charge in [-0.05, 0) is 82.0 Å². The average molecular weight is 437 g/mol. The molecule has 2 fully saturated rings. The lowest BCUT2D eigenvalue weighted by molar-refractivity contribution is -0.104. The highest BCUT2D eigenvalue weighted by atomic mass is 16.5. The third-order valence-electron chi connectivity index (χ3n) is 8.30. The zero-order valence-corrected chi connectivity index (χ0v) is 19.9. The van der Waals surface area contributed by atoms with Crippen LogP contribution in [-0.2, 0) is 10.2 Å². The Labute approximate surface area is 193 Å². The molecule has 0 aromatic carbocycles. The number of rotatable bonds is 7. The molecule has 1 aliphatic carbocycles. The van der Waals surface area contributed by atoms with E-state index in [1.807, 2.05) is 18.5 Å². The van der Waals surface area contributed by atoms with E-state index in [9.17, 15) is 0 Å². The molecule has 2 aliphatic heterocycles. The number of hydrogen-bond donors (Lipinski definition) is 1. The lowest BCUT2D eigenvalue weighted by atomic mass is 9.68. The van der Waals surface area contributed by atoms with E-state index in [0.717, 1.165) is 32.4 Å². The fraction of sp³-hybridized carbons (Fsp3) is 0.704. The molecular weight excluding hydrogens is 396 g/mol. The summed E-state index contributed by atoms with van der Waals surface area (Å²) in [5.41, 5.74) is 2.84. The average Bonchev–Trinajstić information content (AvgIpc) is 3.46. The molecule has 5 heteroatoms. The highest BCUT2D eigenvalue weighted by Gasteiger charge is 2.48. The fourth-order valence-electron chi connectivity index (χ4n) is 6.78. The Bertz CT molecular complexity index is 873. The molecule has 1 saturated carbocycles. The van der Waals surface area contributed by atoms with Crippen molar-refractivity contribution in [3.05, 3.63) is 48.0 Å². The van der Waals surface area contributed by atoms with Crippen LogP contribution in [0.4, 0.5) is 0 Å². The molecule has 0 amide bonds. The summed E-state index contributed by atoms with van der Waals surface area (Å²) in [4.78, 5) is 4.86. The second-order valence-corrected chi connectivity index (χ2v) is 11.0. The van der Waals surface area contributed by atoms with Crippen LogP contribution in [0, 0.1) is 5.92 Å². The van der Waals surface area contributed by atoms with Gasteiger partial charge in [0.2, 0.25) is 0 Å². The molecule has 0 radical (unpaired) electrons. The summed E-state index contributed by atoms with van der Waals surface area (Å²) in [6, 6.07) is 9.62. The zero-order chi connectivity index (χ0) is 22.0. The maximum atomic E-state index is 6.42. The van der Waals surface area contributed by atoms with E-state index in [2.05, 4.69) is 42.0 Å². The summed E-state index contributed by atoms with van der Waals surface area (Å²) in [5, 5.41) is 8.63. The van der Waals surface area contributed by atoms with Gasteiger partial charge in [-0.3, -0.25) is 9.67 Å². The van der Waals surface area contributed by atoms with Gasteiger partial charge in [0.1, 0.15) is 0 Å². The summed E-state index contributed by atoms with van der Waals surface area (Å²) in [6.45, 7) is 6.51. The lowest BCUT2D eigenvalue weighted by Gasteiger charge is -2.46. The van der Waals surface area contributed by atoms with Crippen LogP contribution in [0.2, 0.25) is 0 Å². The minimum absolute atomic E-state index is 0.0866. The van der Waals surface area contributed by atoms with E-state index in [-0.39, 0.29) is 11.0 Å². The Balaban J connectivity index is 1.30. The van der Waals surface area contributed by atoms with E-state index in [0.29, 0.717) is 18.0 Å². The predicted octanol–water partition coefficient (Wildman–Crippen LogP) is 5.74. The Morgan fingerprint density at radius 3 is 2.78 bits per heavy atom. The van der Waals surface area contributed by atoms with Crippen LogP contribution in [0.1, 0.15) is 102 Å². The first kappa shape index (κ1) is 22.1. The van der Waals surface area contributed by atoms with Crippen LogP contribution < -0.4 is 5.32 Å². The summed E-state index contributed by atoms with van der Waals surface area (Å²) in [7, 11) is 0. The Morgan fingerprint density at radius 1 is 1.12 bits per heavy atom. The number of aromatic nitrogens is 3. The van der Waals surface area contributed by atoms with Crippen molar-refractivity contribution in [2.24, 2.45) is 5.92 Å². The Morgan fingerprint density at radius 2 is 2.00 bits per heavy atom. The van der Waals surface area contributed by atoms with Crippen molar-refractivity contribution >= 4 is 0 Å². The van der Waals surface area contributed by atoms with Crippen LogP contribution in [-0.4, -0.2) is 33.5 Å². The van der Waals surface area contributed by atoms with Gasteiger partial charge in [0.15, 0.2) is 0 Å². The number of nitrogens with one attached hydrogen (secondary N) is 1. The third kappa shape index (κ3) is 4.38. The quantitative estimate of drug-likeness (QED) is 0.601. The van der Waals surface area contributed by atoms with E-state index in [4.69, 9.17) is 14.8 Å². The Kier molecular flexibility index (Phi) is 6.39. The Hall–Kier alpha value is -1.72. The van der Waals surface area contributed by atoms with Crippen LogP contribution in [0.3, 0.4) is 0 Å². The van der Waals surface area contributed by atoms with Gasteiger partial charge in [-0.15, -0.1) is 0 Å². The molecule has 174 valence electrons. The van der Waals surface area contributed by atoms with Gasteiger partial charge in [0.25, 0.3) is 0 Å². The number of fused-ring (bicyclic) bond motifs is 1. The van der Waals surface area contributed by atoms with Crippen LogP contribution in [0.15, 0.2) is 36.7 Å². The van der Waals surface area contributed by atoms with Crippen molar-refractivity contribution in [3.8, 4) is 0 Å². The number of hydrogen-bond acceptors (Lipinski definition) is 4. The number of ether oxygens (including phenoxy) is 1. The van der Waals surface area contributed by atoms with Crippen molar-refractivity contribution in [2.45, 2.75) is 101 Å². The summed E-state index contributed by atoms with van der Waals surface area (Å²) >= 11 is 0. The van der Waals surface area contributed by atoms with E-state index in [1.165, 1.54) is 56.3 Å². The van der Waals surface area contributed by atoms with E-state index in [1.54, 1.807) is 0 Å². The monoisotopic (exact) mass is 436 g/mol. The third-order valence-corrected chi connectivity index (χ3v) is 8.30. The highest BCUT2D eigenvalue weighted by Crippen LogP contribution is 2.49. The van der Waals surface area contributed by atoms with Gasteiger partial charge < -0.3 is 10.1 Å². The molecule has 5 rings (SSSR count). The molecule has 32 heavy (non-hydrogen) atoms. The van der Waals surface area contributed by atoms with Gasteiger partial charge in [-0.1, -0.05) is 32.8 Å². The molecule has 2 aromatic heterocycles. The second kappa shape index (κ2) is 9.26. The maximum absolute atomic E-state index is 6.42. The van der Waals surface area contributed by atoms with Gasteiger partial charge in [-0.2, -0.15) is 5.10 Å². The molecule has 3 atom stereocenters. The van der Waals surface area contributed by atoms with Crippen molar-refractivity contribution in [3.63, 3.8) is 0 Å². The van der Waals surface area contributed by atoms with Gasteiger partial charge in [0, 0.05) is 36.2 Å². The normalized spacial score (nSPS) is 29.5. The largest absolute Gasteiger partial charge is 0.375 e. The highest BCUT2D eigenvalue weighted by molar-refractivity contribution is 5.21. The summed E-state index contributed by atoms with van der Waals surface area (Å²) in [6.07, 6.45) is 15.9. The van der Waals surface area contributed by atoms with E-state index < -0.39 is 0 Å². The molecule has 1 saturated heterocycles. The topological polar surface area (TPSA) is 52.0 Å². The van der Waals surface area contributed by atoms with Gasteiger partial charge in [0.05, 0.1) is 17.3 Å². The van der Waals surface area contributed by atoms with Crippen molar-refractivity contribution in [1.82, 2.24) is 20.1 Å².